The molecule has 0 nitrogen and oxygen atoms in total. The van der Waals surface area contributed by atoms with Crippen molar-refractivity contribution in [2.75, 3.05) is 0 Å². The standard InChI is InChI=1S/C32H31F/c1-3-4-5-6-7-8-25-11-13-26(14-12-25)15-18-28-19-20-30-23-29(21-22-31(30)32(28)33)27-16-9-24(2)10-17-27/h9-14,16-17,19-23H,3-8H2,1-2H3. The topological polar surface area (TPSA) is 0 Å². The molecule has 0 radical (unpaired) electrons. The van der Waals surface area contributed by atoms with Crippen molar-refractivity contribution in [2.45, 2.75) is 52.4 Å². The van der Waals surface area contributed by atoms with E-state index in [1.165, 1.54) is 43.2 Å². The van der Waals surface area contributed by atoms with Gasteiger partial charge in [0.2, 0.25) is 0 Å². The molecule has 1 heteroatoms. The number of aryl methyl sites for hydroxylation is 2. The highest BCUT2D eigenvalue weighted by Crippen LogP contribution is 2.27. The lowest BCUT2D eigenvalue weighted by Gasteiger charge is -2.07. The molecule has 166 valence electrons. The molecule has 0 saturated heterocycles. The SMILES string of the molecule is CCCCCCCc1ccc(C#Cc2ccc3cc(-c4ccc(C)cc4)ccc3c2F)cc1. The normalized spacial score (nSPS) is 10.8. The summed E-state index contributed by atoms with van der Waals surface area (Å²) in [4.78, 5) is 0. The van der Waals surface area contributed by atoms with Crippen LogP contribution in [0.2, 0.25) is 0 Å². The first-order valence-electron chi connectivity index (χ1n) is 12.0. The molecule has 0 aliphatic heterocycles. The zero-order valence-corrected chi connectivity index (χ0v) is 19.6. The van der Waals surface area contributed by atoms with Crippen LogP contribution in [0.25, 0.3) is 21.9 Å². The highest BCUT2D eigenvalue weighted by Gasteiger charge is 2.07. The highest BCUT2D eigenvalue weighted by molar-refractivity contribution is 5.89. The Labute approximate surface area is 197 Å². The molecule has 0 fully saturated rings. The Morgan fingerprint density at radius 1 is 0.697 bits per heavy atom. The molecule has 4 aromatic rings. The van der Waals surface area contributed by atoms with E-state index in [2.05, 4.69) is 62.1 Å². The molecular weight excluding hydrogens is 403 g/mol. The molecule has 0 unspecified atom stereocenters. The van der Waals surface area contributed by atoms with E-state index in [0.29, 0.717) is 10.9 Å². The minimum atomic E-state index is -0.251. The Bertz CT molecular complexity index is 1270. The Kier molecular flexibility index (Phi) is 7.59. The molecule has 0 saturated carbocycles. The summed E-state index contributed by atoms with van der Waals surface area (Å²) in [6, 6.07) is 26.4. The number of unbranched alkanes of at least 4 members (excludes halogenated alkanes) is 4. The van der Waals surface area contributed by atoms with Gasteiger partial charge in [-0.05, 0) is 66.1 Å². The van der Waals surface area contributed by atoms with E-state index in [9.17, 15) is 0 Å². The molecule has 4 aromatic carbocycles. The van der Waals surface area contributed by atoms with Crippen LogP contribution in [0.4, 0.5) is 4.39 Å². The minimum absolute atomic E-state index is 0.251. The van der Waals surface area contributed by atoms with Crippen molar-refractivity contribution in [1.29, 1.82) is 0 Å². The van der Waals surface area contributed by atoms with Gasteiger partial charge in [-0.25, -0.2) is 4.39 Å². The van der Waals surface area contributed by atoms with Crippen LogP contribution in [-0.2, 0) is 6.42 Å². The van der Waals surface area contributed by atoms with E-state index in [-0.39, 0.29) is 5.82 Å². The maximum atomic E-state index is 15.1. The van der Waals surface area contributed by atoms with Crippen molar-refractivity contribution in [1.82, 2.24) is 0 Å². The fraction of sp³-hybridized carbons (Fsp3) is 0.250. The summed E-state index contributed by atoms with van der Waals surface area (Å²) < 4.78 is 15.1. The van der Waals surface area contributed by atoms with Crippen molar-refractivity contribution < 1.29 is 4.39 Å². The van der Waals surface area contributed by atoms with Gasteiger partial charge in [-0.1, -0.05) is 105 Å². The number of fused-ring (bicyclic) bond motifs is 1. The van der Waals surface area contributed by atoms with E-state index in [1.54, 1.807) is 6.07 Å². The molecule has 0 amide bonds. The van der Waals surface area contributed by atoms with Crippen LogP contribution in [0.15, 0.2) is 78.9 Å². The Hall–Kier alpha value is -3.37. The van der Waals surface area contributed by atoms with Crippen LogP contribution in [-0.4, -0.2) is 0 Å². The van der Waals surface area contributed by atoms with Crippen LogP contribution in [0.3, 0.4) is 0 Å². The Morgan fingerprint density at radius 3 is 2.18 bits per heavy atom. The molecule has 33 heavy (non-hydrogen) atoms. The smallest absolute Gasteiger partial charge is 0.146 e. The highest BCUT2D eigenvalue weighted by atomic mass is 19.1. The lowest BCUT2D eigenvalue weighted by molar-refractivity contribution is 0.632. The molecule has 0 N–H and O–H groups in total. The first kappa shape index (κ1) is 22.8. The number of benzene rings is 4. The van der Waals surface area contributed by atoms with Gasteiger partial charge in [-0.2, -0.15) is 0 Å². The predicted octanol–water partition coefficient (Wildman–Crippen LogP) is 8.87. The lowest BCUT2D eigenvalue weighted by atomic mass is 9.99. The molecule has 0 spiro atoms. The van der Waals surface area contributed by atoms with Gasteiger partial charge in [0.1, 0.15) is 5.82 Å². The van der Waals surface area contributed by atoms with Crippen molar-refractivity contribution in [3.05, 3.63) is 107 Å². The number of halogens is 1. The average Bonchev–Trinajstić information content (AvgIpc) is 2.84. The maximum absolute atomic E-state index is 15.1. The van der Waals surface area contributed by atoms with E-state index in [1.807, 2.05) is 36.4 Å². The molecule has 0 heterocycles. The maximum Gasteiger partial charge on any atom is 0.146 e. The summed E-state index contributed by atoms with van der Waals surface area (Å²) in [5.74, 6) is 5.91. The van der Waals surface area contributed by atoms with E-state index in [0.717, 1.165) is 28.5 Å². The van der Waals surface area contributed by atoms with Crippen LogP contribution in [0.1, 0.15) is 61.3 Å². The fourth-order valence-electron chi connectivity index (χ4n) is 4.14. The first-order chi connectivity index (χ1) is 16.1. The van der Waals surface area contributed by atoms with Crippen molar-refractivity contribution in [3.63, 3.8) is 0 Å². The molecule has 4 rings (SSSR count). The van der Waals surface area contributed by atoms with Gasteiger partial charge in [-0.3, -0.25) is 0 Å². The molecule has 0 aromatic heterocycles. The van der Waals surface area contributed by atoms with Crippen LogP contribution >= 0.6 is 0 Å². The van der Waals surface area contributed by atoms with Gasteiger partial charge in [0.25, 0.3) is 0 Å². The van der Waals surface area contributed by atoms with Crippen molar-refractivity contribution in [3.8, 4) is 23.0 Å². The zero-order valence-electron chi connectivity index (χ0n) is 19.6. The van der Waals surface area contributed by atoms with E-state index >= 15 is 4.39 Å². The van der Waals surface area contributed by atoms with Gasteiger partial charge in [0, 0.05) is 10.9 Å². The van der Waals surface area contributed by atoms with Crippen LogP contribution in [0.5, 0.6) is 0 Å². The van der Waals surface area contributed by atoms with Gasteiger partial charge in [-0.15, -0.1) is 0 Å². The third kappa shape index (κ3) is 5.91. The van der Waals surface area contributed by atoms with Gasteiger partial charge in [0.15, 0.2) is 0 Å². The zero-order chi connectivity index (χ0) is 23.0. The second kappa shape index (κ2) is 11.0. The first-order valence-corrected chi connectivity index (χ1v) is 12.0. The average molecular weight is 435 g/mol. The number of rotatable bonds is 7. The number of hydrogen-bond acceptors (Lipinski definition) is 0. The molecule has 0 bridgehead atoms. The second-order valence-electron chi connectivity index (χ2n) is 8.84. The summed E-state index contributed by atoms with van der Waals surface area (Å²) in [6.07, 6.45) is 7.57. The molecule has 0 atom stereocenters. The Balaban J connectivity index is 1.47. The summed E-state index contributed by atoms with van der Waals surface area (Å²) in [7, 11) is 0. The predicted molar refractivity (Wildman–Crippen MR) is 139 cm³/mol. The van der Waals surface area contributed by atoms with E-state index < -0.39 is 0 Å². The molecule has 0 aliphatic carbocycles. The summed E-state index contributed by atoms with van der Waals surface area (Å²) >= 11 is 0. The third-order valence-electron chi connectivity index (χ3n) is 6.20. The summed E-state index contributed by atoms with van der Waals surface area (Å²) in [5.41, 5.74) is 6.15. The van der Waals surface area contributed by atoms with Gasteiger partial charge >= 0.3 is 0 Å². The third-order valence-corrected chi connectivity index (χ3v) is 6.20. The quantitative estimate of drug-likeness (QED) is 0.201. The Morgan fingerprint density at radius 2 is 1.42 bits per heavy atom. The lowest BCUT2D eigenvalue weighted by Crippen LogP contribution is -1.88. The summed E-state index contributed by atoms with van der Waals surface area (Å²) in [5, 5.41) is 1.50. The second-order valence-corrected chi connectivity index (χ2v) is 8.84. The fourth-order valence-corrected chi connectivity index (χ4v) is 4.14. The molecule has 0 aliphatic rings. The summed E-state index contributed by atoms with van der Waals surface area (Å²) in [6.45, 7) is 4.32. The van der Waals surface area contributed by atoms with Crippen LogP contribution < -0.4 is 0 Å². The van der Waals surface area contributed by atoms with Crippen molar-refractivity contribution >= 4 is 10.8 Å². The van der Waals surface area contributed by atoms with E-state index in [4.69, 9.17) is 0 Å². The largest absolute Gasteiger partial charge is 0.205 e. The van der Waals surface area contributed by atoms with Gasteiger partial charge in [0.05, 0.1) is 5.56 Å². The molecular formula is C32H31F. The van der Waals surface area contributed by atoms with Gasteiger partial charge < -0.3 is 0 Å². The minimum Gasteiger partial charge on any atom is -0.205 e. The van der Waals surface area contributed by atoms with Crippen molar-refractivity contribution in [2.24, 2.45) is 0 Å². The monoisotopic (exact) mass is 434 g/mol. The van der Waals surface area contributed by atoms with Crippen LogP contribution in [0, 0.1) is 24.6 Å². The number of hydrogen-bond donors (Lipinski definition) is 0.